The van der Waals surface area contributed by atoms with Crippen LogP contribution in [0, 0.1) is 6.92 Å². The van der Waals surface area contributed by atoms with E-state index in [-0.39, 0.29) is 12.3 Å². The van der Waals surface area contributed by atoms with Gasteiger partial charge in [-0.1, -0.05) is 11.6 Å². The fourth-order valence-electron chi connectivity index (χ4n) is 2.95. The number of rotatable bonds is 4. The molecule has 0 bridgehead atoms. The number of halogens is 1. The molecule has 0 amide bonds. The molecule has 3 N–H and O–H groups in total. The molecule has 152 valence electrons. The molecule has 3 rings (SSSR count). The molecular formula is C20H18ClNO7. The Labute approximate surface area is 170 Å². The summed E-state index contributed by atoms with van der Waals surface area (Å²) >= 11 is 5.89. The van der Waals surface area contributed by atoms with Crippen LogP contribution in [0.3, 0.4) is 0 Å². The number of carboxylic acid groups (broad SMARTS) is 3. The zero-order valence-electron chi connectivity index (χ0n) is 15.5. The topological polar surface area (TPSA) is 126 Å². The number of aromatic nitrogens is 1. The van der Waals surface area contributed by atoms with Crippen molar-refractivity contribution in [1.29, 1.82) is 0 Å². The highest BCUT2D eigenvalue weighted by Crippen LogP contribution is 2.30. The van der Waals surface area contributed by atoms with Crippen molar-refractivity contribution >= 4 is 40.5 Å². The molecule has 29 heavy (non-hydrogen) atoms. The number of carboxylic acids is 1. The molecule has 0 saturated heterocycles. The minimum absolute atomic E-state index is 0.170. The fraction of sp³-hybridized carbons (Fsp3) is 0.150. The number of nitrogens with zero attached hydrogens (tertiary/aromatic N) is 1. The van der Waals surface area contributed by atoms with Crippen molar-refractivity contribution in [1.82, 2.24) is 4.57 Å². The van der Waals surface area contributed by atoms with E-state index in [4.69, 9.17) is 31.3 Å². The van der Waals surface area contributed by atoms with Crippen LogP contribution in [0.5, 0.6) is 5.75 Å². The summed E-state index contributed by atoms with van der Waals surface area (Å²) in [6, 6.07) is 11.9. The summed E-state index contributed by atoms with van der Waals surface area (Å²) in [5.41, 5.74) is 2.32. The normalized spacial score (nSPS) is 10.2. The minimum atomic E-state index is -1.83. The summed E-state index contributed by atoms with van der Waals surface area (Å²) in [4.78, 5) is 32.8. The second kappa shape index (κ2) is 9.11. The highest BCUT2D eigenvalue weighted by molar-refractivity contribution is 6.30. The summed E-state index contributed by atoms with van der Waals surface area (Å²) in [5.74, 6) is -0.583. The van der Waals surface area contributed by atoms with Gasteiger partial charge in [-0.3, -0.25) is 14.2 Å². The fourth-order valence-corrected chi connectivity index (χ4v) is 3.07. The Balaban J connectivity index is 0.000000687. The second-order valence-corrected chi connectivity index (χ2v) is 6.38. The first-order chi connectivity index (χ1) is 13.6. The summed E-state index contributed by atoms with van der Waals surface area (Å²) in [6.45, 7) is 1.75. The molecule has 0 spiro atoms. The number of methoxy groups -OCH3 is 1. The molecule has 8 nitrogen and oxygen atoms in total. The summed E-state index contributed by atoms with van der Waals surface area (Å²) < 4.78 is 6.77. The first-order valence-corrected chi connectivity index (χ1v) is 8.65. The van der Waals surface area contributed by atoms with Crippen molar-refractivity contribution in [2.45, 2.75) is 13.3 Å². The van der Waals surface area contributed by atoms with Crippen molar-refractivity contribution in [3.05, 3.63) is 64.3 Å². The van der Waals surface area contributed by atoms with Crippen LogP contribution in [-0.2, 0) is 11.2 Å². The molecule has 1 aromatic heterocycles. The largest absolute Gasteiger partial charge is 0.503 e. The predicted octanol–water partition coefficient (Wildman–Crippen LogP) is 4.15. The minimum Gasteiger partial charge on any atom is -0.497 e. The Kier molecular flexibility index (Phi) is 6.84. The molecule has 0 atom stereocenters. The lowest BCUT2D eigenvalue weighted by molar-refractivity contribution is -0.136. The van der Waals surface area contributed by atoms with E-state index >= 15 is 0 Å². The van der Waals surface area contributed by atoms with Gasteiger partial charge in [-0.15, -0.1) is 0 Å². The first-order valence-electron chi connectivity index (χ1n) is 8.27. The maximum Gasteiger partial charge on any atom is 0.503 e. The molecule has 2 aromatic carbocycles. The van der Waals surface area contributed by atoms with Crippen LogP contribution in [-0.4, -0.2) is 45.0 Å². The molecule has 1 heterocycles. The number of benzene rings is 2. The van der Waals surface area contributed by atoms with Gasteiger partial charge >= 0.3 is 12.1 Å². The number of carbonyl (C=O) groups is 3. The van der Waals surface area contributed by atoms with Crippen molar-refractivity contribution in [3.8, 4) is 5.75 Å². The predicted molar refractivity (Wildman–Crippen MR) is 106 cm³/mol. The summed E-state index contributed by atoms with van der Waals surface area (Å²) in [7, 11) is 1.54. The van der Waals surface area contributed by atoms with E-state index in [1.807, 2.05) is 0 Å². The van der Waals surface area contributed by atoms with E-state index in [2.05, 4.69) is 0 Å². The molecular weight excluding hydrogens is 402 g/mol. The molecule has 0 aliphatic heterocycles. The van der Waals surface area contributed by atoms with Crippen molar-refractivity contribution in [3.63, 3.8) is 0 Å². The van der Waals surface area contributed by atoms with E-state index < -0.39 is 12.1 Å². The van der Waals surface area contributed by atoms with Gasteiger partial charge in [0.1, 0.15) is 5.75 Å². The van der Waals surface area contributed by atoms with Crippen LogP contribution >= 0.6 is 11.6 Å². The van der Waals surface area contributed by atoms with E-state index in [1.165, 1.54) is 4.57 Å². The molecule has 3 aromatic rings. The third kappa shape index (κ3) is 5.05. The van der Waals surface area contributed by atoms with Crippen LogP contribution in [0.25, 0.3) is 10.9 Å². The summed E-state index contributed by atoms with van der Waals surface area (Å²) in [6.07, 6.45) is -2.00. The third-order valence-corrected chi connectivity index (χ3v) is 4.42. The van der Waals surface area contributed by atoms with Crippen LogP contribution < -0.4 is 4.74 Å². The molecule has 0 aliphatic rings. The van der Waals surface area contributed by atoms with Crippen LogP contribution in [0.1, 0.15) is 21.6 Å². The van der Waals surface area contributed by atoms with Gasteiger partial charge in [-0.2, -0.15) is 0 Å². The van der Waals surface area contributed by atoms with Gasteiger partial charge in [0.05, 0.1) is 19.0 Å². The number of carbonyl (C=O) groups excluding carboxylic acids is 1. The Morgan fingerprint density at radius 2 is 1.62 bits per heavy atom. The second-order valence-electron chi connectivity index (χ2n) is 5.95. The van der Waals surface area contributed by atoms with Gasteiger partial charge in [0, 0.05) is 21.7 Å². The van der Waals surface area contributed by atoms with Crippen molar-refractivity contribution in [2.24, 2.45) is 0 Å². The monoisotopic (exact) mass is 419 g/mol. The number of ether oxygens (including phenoxy) is 1. The molecule has 0 aliphatic carbocycles. The van der Waals surface area contributed by atoms with Crippen molar-refractivity contribution in [2.75, 3.05) is 7.11 Å². The van der Waals surface area contributed by atoms with Crippen LogP contribution in [0.2, 0.25) is 5.02 Å². The van der Waals surface area contributed by atoms with Gasteiger partial charge in [0.15, 0.2) is 0 Å². The lowest BCUT2D eigenvalue weighted by Crippen LogP contribution is -2.14. The maximum absolute atomic E-state index is 13.0. The number of hydrogen-bond donors (Lipinski definition) is 3. The quantitative estimate of drug-likeness (QED) is 0.579. The maximum atomic E-state index is 13.0. The molecule has 9 heteroatoms. The zero-order chi connectivity index (χ0) is 21.7. The zero-order valence-corrected chi connectivity index (χ0v) is 16.3. The van der Waals surface area contributed by atoms with Gasteiger partial charge in [-0.05, 0) is 55.0 Å². The third-order valence-electron chi connectivity index (χ3n) is 4.16. The average molecular weight is 420 g/mol. The smallest absolute Gasteiger partial charge is 0.497 e. The van der Waals surface area contributed by atoms with Crippen molar-refractivity contribution < 1.29 is 34.4 Å². The van der Waals surface area contributed by atoms with Gasteiger partial charge in [0.25, 0.3) is 5.91 Å². The highest BCUT2D eigenvalue weighted by Gasteiger charge is 2.21. The number of fused-ring (bicyclic) bond motifs is 1. The van der Waals surface area contributed by atoms with E-state index in [9.17, 15) is 14.7 Å². The Bertz CT molecular complexity index is 1070. The number of aliphatic carboxylic acids is 1. The van der Waals surface area contributed by atoms with Crippen LogP contribution in [0.15, 0.2) is 42.5 Å². The van der Waals surface area contributed by atoms with E-state index in [1.54, 1.807) is 56.5 Å². The lowest BCUT2D eigenvalue weighted by Gasteiger charge is -2.08. The SMILES string of the molecule is COc1ccc2c(c1)c(CC(=O)O)c(C)n2C(=O)c1ccc(Cl)cc1.O=C(O)O. The molecule has 0 fully saturated rings. The average Bonchev–Trinajstić information content (AvgIpc) is 2.92. The van der Waals surface area contributed by atoms with Gasteiger partial charge in [0.2, 0.25) is 0 Å². The summed E-state index contributed by atoms with van der Waals surface area (Å²) in [5, 5.41) is 24.4. The van der Waals surface area contributed by atoms with Crippen LogP contribution in [0.4, 0.5) is 4.79 Å². The van der Waals surface area contributed by atoms with E-state index in [0.717, 1.165) is 0 Å². The van der Waals surface area contributed by atoms with Gasteiger partial charge in [-0.25, -0.2) is 4.79 Å². The highest BCUT2D eigenvalue weighted by atomic mass is 35.5. The molecule has 0 saturated carbocycles. The Hall–Kier alpha value is -3.52. The standard InChI is InChI=1S/C19H16ClNO4.CH2O3/c1-11-15(10-18(22)23)16-9-14(25-2)7-8-17(16)21(11)19(24)12-3-5-13(20)6-4-12;2-1(3)4/h3-9H,10H2,1-2H3,(H,22,23);(H2,2,3,4). The Morgan fingerprint density at radius 1 is 1.03 bits per heavy atom. The Morgan fingerprint density at radius 3 is 2.14 bits per heavy atom. The van der Waals surface area contributed by atoms with E-state index in [0.29, 0.717) is 38.5 Å². The van der Waals surface area contributed by atoms with Gasteiger partial charge < -0.3 is 20.1 Å². The first kappa shape index (κ1) is 21.8. The number of hydrogen-bond acceptors (Lipinski definition) is 4. The lowest BCUT2D eigenvalue weighted by atomic mass is 10.1. The molecule has 0 unspecified atom stereocenters. The molecule has 0 radical (unpaired) electrons.